The van der Waals surface area contributed by atoms with Crippen LogP contribution >= 0.6 is 11.6 Å². The molecule has 2 heterocycles. The van der Waals surface area contributed by atoms with Gasteiger partial charge in [-0.15, -0.1) is 0 Å². The SMILES string of the molecule is Cc1cc(C(=O)N2CCN([C@@H](C)c3ccc(Cl)cc3)CC2)on1. The molecule has 0 N–H and O–H groups in total. The van der Waals surface area contributed by atoms with Gasteiger partial charge in [0.15, 0.2) is 0 Å². The van der Waals surface area contributed by atoms with Crippen LogP contribution in [0.25, 0.3) is 0 Å². The maximum atomic E-state index is 12.4. The number of carbonyl (C=O) groups is 1. The van der Waals surface area contributed by atoms with Crippen molar-refractivity contribution in [1.29, 1.82) is 0 Å². The van der Waals surface area contributed by atoms with Crippen molar-refractivity contribution in [3.63, 3.8) is 0 Å². The molecule has 1 fully saturated rings. The molecule has 1 aromatic carbocycles. The number of carbonyl (C=O) groups excluding carboxylic acids is 1. The van der Waals surface area contributed by atoms with Crippen LogP contribution in [0.15, 0.2) is 34.9 Å². The molecule has 0 spiro atoms. The molecular formula is C17H20ClN3O2. The van der Waals surface area contributed by atoms with Crippen molar-refractivity contribution in [2.24, 2.45) is 0 Å². The summed E-state index contributed by atoms with van der Waals surface area (Å²) in [5.74, 6) is 0.242. The van der Waals surface area contributed by atoms with Crippen molar-refractivity contribution in [1.82, 2.24) is 15.0 Å². The Morgan fingerprint density at radius 3 is 2.43 bits per heavy atom. The van der Waals surface area contributed by atoms with E-state index >= 15 is 0 Å². The molecule has 0 unspecified atom stereocenters. The summed E-state index contributed by atoms with van der Waals surface area (Å²) in [4.78, 5) is 16.6. The predicted octanol–water partition coefficient (Wildman–Crippen LogP) is 3.16. The Balaban J connectivity index is 1.59. The van der Waals surface area contributed by atoms with Gasteiger partial charge in [-0.1, -0.05) is 28.9 Å². The van der Waals surface area contributed by atoms with Gasteiger partial charge in [-0.25, -0.2) is 0 Å². The molecule has 3 rings (SSSR count). The highest BCUT2D eigenvalue weighted by molar-refractivity contribution is 6.30. The third kappa shape index (κ3) is 3.57. The van der Waals surface area contributed by atoms with Gasteiger partial charge in [0, 0.05) is 43.3 Å². The molecule has 0 bridgehead atoms. The molecule has 0 radical (unpaired) electrons. The fourth-order valence-corrected chi connectivity index (χ4v) is 3.01. The van der Waals surface area contributed by atoms with Crippen LogP contribution in [0.3, 0.4) is 0 Å². The summed E-state index contributed by atoms with van der Waals surface area (Å²) in [6.07, 6.45) is 0. The highest BCUT2D eigenvalue weighted by Gasteiger charge is 2.27. The van der Waals surface area contributed by atoms with Gasteiger partial charge in [0.25, 0.3) is 5.91 Å². The first kappa shape index (κ1) is 16.0. The van der Waals surface area contributed by atoms with Crippen molar-refractivity contribution in [3.8, 4) is 0 Å². The minimum Gasteiger partial charge on any atom is -0.351 e. The molecule has 122 valence electrons. The van der Waals surface area contributed by atoms with Gasteiger partial charge in [-0.3, -0.25) is 9.69 Å². The Labute approximate surface area is 140 Å². The number of hydrogen-bond donors (Lipinski definition) is 0. The Morgan fingerprint density at radius 1 is 1.22 bits per heavy atom. The minimum atomic E-state index is -0.0793. The summed E-state index contributed by atoms with van der Waals surface area (Å²) in [6.45, 7) is 7.05. The third-order valence-electron chi connectivity index (χ3n) is 4.34. The first-order valence-corrected chi connectivity index (χ1v) is 8.14. The fraction of sp³-hybridized carbons (Fsp3) is 0.412. The third-order valence-corrected chi connectivity index (χ3v) is 4.59. The van der Waals surface area contributed by atoms with Gasteiger partial charge in [0.1, 0.15) is 0 Å². The van der Waals surface area contributed by atoms with Gasteiger partial charge >= 0.3 is 0 Å². The lowest BCUT2D eigenvalue weighted by molar-refractivity contribution is 0.0544. The first-order valence-electron chi connectivity index (χ1n) is 7.76. The smallest absolute Gasteiger partial charge is 0.292 e. The van der Waals surface area contributed by atoms with Gasteiger partial charge in [0.05, 0.1) is 5.69 Å². The lowest BCUT2D eigenvalue weighted by Crippen LogP contribution is -2.49. The molecule has 1 amide bonds. The van der Waals surface area contributed by atoms with Crippen LogP contribution in [0.4, 0.5) is 0 Å². The molecule has 1 aliphatic rings. The first-order chi connectivity index (χ1) is 11.0. The Bertz CT molecular complexity index is 675. The number of amides is 1. The Kier molecular flexibility index (Phi) is 4.68. The predicted molar refractivity (Wildman–Crippen MR) is 88.6 cm³/mol. The molecule has 1 saturated heterocycles. The van der Waals surface area contributed by atoms with Gasteiger partial charge in [0.2, 0.25) is 5.76 Å². The van der Waals surface area contributed by atoms with Crippen molar-refractivity contribution in [2.45, 2.75) is 19.9 Å². The lowest BCUT2D eigenvalue weighted by atomic mass is 10.1. The van der Waals surface area contributed by atoms with E-state index in [2.05, 4.69) is 29.1 Å². The molecule has 2 aromatic rings. The number of hydrogen-bond acceptors (Lipinski definition) is 4. The van der Waals surface area contributed by atoms with Gasteiger partial charge in [-0.05, 0) is 31.5 Å². The zero-order chi connectivity index (χ0) is 16.4. The molecular weight excluding hydrogens is 314 g/mol. The van der Waals surface area contributed by atoms with E-state index in [9.17, 15) is 4.79 Å². The molecule has 1 aliphatic heterocycles. The second kappa shape index (κ2) is 6.72. The second-order valence-corrected chi connectivity index (χ2v) is 6.32. The van der Waals surface area contributed by atoms with E-state index in [0.29, 0.717) is 24.9 Å². The zero-order valence-electron chi connectivity index (χ0n) is 13.3. The standard InChI is InChI=1S/C17H20ClN3O2/c1-12-11-16(23-19-12)17(22)21-9-7-20(8-10-21)13(2)14-3-5-15(18)6-4-14/h3-6,11,13H,7-10H2,1-2H3/t13-/m0/s1. The maximum Gasteiger partial charge on any atom is 0.292 e. The second-order valence-electron chi connectivity index (χ2n) is 5.89. The van der Waals surface area contributed by atoms with Crippen molar-refractivity contribution in [3.05, 3.63) is 52.4 Å². The average molecular weight is 334 g/mol. The Hall–Kier alpha value is -1.85. The number of aryl methyl sites for hydroxylation is 1. The Morgan fingerprint density at radius 2 is 1.87 bits per heavy atom. The zero-order valence-corrected chi connectivity index (χ0v) is 14.1. The number of nitrogens with zero attached hydrogens (tertiary/aromatic N) is 3. The van der Waals surface area contributed by atoms with Crippen LogP contribution < -0.4 is 0 Å². The lowest BCUT2D eigenvalue weighted by Gasteiger charge is -2.37. The van der Waals surface area contributed by atoms with Crippen molar-refractivity contribution in [2.75, 3.05) is 26.2 Å². The van der Waals surface area contributed by atoms with E-state index in [4.69, 9.17) is 16.1 Å². The summed E-state index contributed by atoms with van der Waals surface area (Å²) < 4.78 is 5.07. The maximum absolute atomic E-state index is 12.4. The van der Waals surface area contributed by atoms with Crippen LogP contribution in [-0.2, 0) is 0 Å². The van der Waals surface area contributed by atoms with E-state index in [-0.39, 0.29) is 5.91 Å². The molecule has 6 heteroatoms. The largest absolute Gasteiger partial charge is 0.351 e. The number of aromatic nitrogens is 1. The van der Waals surface area contributed by atoms with Crippen LogP contribution in [0, 0.1) is 6.92 Å². The summed E-state index contributed by atoms with van der Waals surface area (Å²) in [5, 5.41) is 4.53. The fourth-order valence-electron chi connectivity index (χ4n) is 2.88. The highest BCUT2D eigenvalue weighted by Crippen LogP contribution is 2.23. The highest BCUT2D eigenvalue weighted by atomic mass is 35.5. The van der Waals surface area contributed by atoms with Gasteiger partial charge in [-0.2, -0.15) is 0 Å². The molecule has 1 aromatic heterocycles. The number of piperazine rings is 1. The monoisotopic (exact) mass is 333 g/mol. The van der Waals surface area contributed by atoms with E-state index < -0.39 is 0 Å². The average Bonchev–Trinajstić information content (AvgIpc) is 3.01. The topological polar surface area (TPSA) is 49.6 Å². The summed E-state index contributed by atoms with van der Waals surface area (Å²) in [5.41, 5.74) is 1.96. The van der Waals surface area contributed by atoms with Crippen LogP contribution in [0.1, 0.15) is 34.8 Å². The number of rotatable bonds is 3. The minimum absolute atomic E-state index is 0.0793. The van der Waals surface area contributed by atoms with Crippen molar-refractivity contribution < 1.29 is 9.32 Å². The molecule has 5 nitrogen and oxygen atoms in total. The summed E-state index contributed by atoms with van der Waals surface area (Å²) in [6, 6.07) is 9.94. The molecule has 1 atom stereocenters. The molecule has 23 heavy (non-hydrogen) atoms. The van der Waals surface area contributed by atoms with Crippen LogP contribution in [0.5, 0.6) is 0 Å². The van der Waals surface area contributed by atoms with Crippen molar-refractivity contribution >= 4 is 17.5 Å². The van der Waals surface area contributed by atoms with E-state index in [1.807, 2.05) is 24.0 Å². The summed E-state index contributed by atoms with van der Waals surface area (Å²) in [7, 11) is 0. The van der Waals surface area contributed by atoms with Crippen LogP contribution in [-0.4, -0.2) is 47.0 Å². The number of benzene rings is 1. The quantitative estimate of drug-likeness (QED) is 0.865. The summed E-state index contributed by atoms with van der Waals surface area (Å²) >= 11 is 5.94. The normalized spacial score (nSPS) is 17.3. The van der Waals surface area contributed by atoms with Crippen LogP contribution in [0.2, 0.25) is 5.02 Å². The number of halogens is 1. The molecule has 0 aliphatic carbocycles. The molecule has 0 saturated carbocycles. The van der Waals surface area contributed by atoms with E-state index in [1.54, 1.807) is 6.07 Å². The van der Waals surface area contributed by atoms with E-state index in [0.717, 1.165) is 23.8 Å². The van der Waals surface area contributed by atoms with Gasteiger partial charge < -0.3 is 9.42 Å². The van der Waals surface area contributed by atoms with E-state index in [1.165, 1.54) is 5.56 Å².